The van der Waals surface area contributed by atoms with Crippen LogP contribution in [-0.4, -0.2) is 4.57 Å². The molecular formula is C52H33NO. The minimum atomic E-state index is 0.988. The summed E-state index contributed by atoms with van der Waals surface area (Å²) in [5.74, 6) is 1.01. The van der Waals surface area contributed by atoms with Crippen molar-refractivity contribution in [2.75, 3.05) is 0 Å². The molecule has 2 heterocycles. The number of aromatic nitrogens is 1. The number of aryl methyl sites for hydroxylation is 1. The van der Waals surface area contributed by atoms with Gasteiger partial charge >= 0.3 is 0 Å². The monoisotopic (exact) mass is 687 g/mol. The molecule has 0 amide bonds. The number of hydrogen-bond donors (Lipinski definition) is 0. The number of allylic oxidation sites excluding steroid dienone is 1. The lowest BCUT2D eigenvalue weighted by Gasteiger charge is -2.17. The number of rotatable bonds is 4. The predicted octanol–water partition coefficient (Wildman–Crippen LogP) is 14.4. The number of nitrogens with zero attached hydrogens (tertiary/aromatic N) is 1. The van der Waals surface area contributed by atoms with Gasteiger partial charge in [0.25, 0.3) is 0 Å². The highest BCUT2D eigenvalue weighted by molar-refractivity contribution is 6.27. The molecule has 0 spiro atoms. The molecular weight excluding hydrogens is 655 g/mol. The number of fused-ring (bicyclic) bond motifs is 6. The van der Waals surface area contributed by atoms with E-state index in [1.807, 2.05) is 0 Å². The van der Waals surface area contributed by atoms with Crippen LogP contribution in [0.5, 0.6) is 0 Å². The topological polar surface area (TPSA) is 18.1 Å². The molecule has 2 heteroatoms. The van der Waals surface area contributed by atoms with Gasteiger partial charge in [-0.25, -0.2) is 0 Å². The molecule has 2 nitrogen and oxygen atoms in total. The van der Waals surface area contributed by atoms with Crippen molar-refractivity contribution in [3.63, 3.8) is 0 Å². The highest BCUT2D eigenvalue weighted by Crippen LogP contribution is 2.44. The molecule has 9 aromatic carbocycles. The number of hydrogen-bond acceptors (Lipinski definition) is 1. The smallest absolute Gasteiger partial charge is 0.142 e. The molecule has 0 atom stereocenters. The maximum Gasteiger partial charge on any atom is 0.142 e. The Morgan fingerprint density at radius 1 is 0.426 bits per heavy atom. The molecule has 0 unspecified atom stereocenters. The van der Waals surface area contributed by atoms with Crippen molar-refractivity contribution in [3.8, 4) is 39.1 Å². The summed E-state index contributed by atoms with van der Waals surface area (Å²) in [5.41, 5.74) is 13.2. The average Bonchev–Trinajstić information content (AvgIpc) is 3.79. The van der Waals surface area contributed by atoms with Crippen LogP contribution < -0.4 is 0 Å². The van der Waals surface area contributed by atoms with E-state index in [-0.39, 0.29) is 0 Å². The predicted molar refractivity (Wildman–Crippen MR) is 228 cm³/mol. The van der Waals surface area contributed by atoms with Crippen LogP contribution in [0.4, 0.5) is 0 Å². The Kier molecular flexibility index (Phi) is 6.20. The molecule has 252 valence electrons. The summed E-state index contributed by atoms with van der Waals surface area (Å²) in [6.45, 7) is 0. The van der Waals surface area contributed by atoms with Gasteiger partial charge in [0.1, 0.15) is 11.3 Å². The Morgan fingerprint density at radius 2 is 0.963 bits per heavy atom. The first-order valence-corrected chi connectivity index (χ1v) is 18.9. The molecule has 0 fully saturated rings. The van der Waals surface area contributed by atoms with Crippen molar-refractivity contribution in [2.24, 2.45) is 0 Å². The third-order valence-corrected chi connectivity index (χ3v) is 11.9. The van der Waals surface area contributed by atoms with Crippen molar-refractivity contribution in [1.29, 1.82) is 0 Å². The van der Waals surface area contributed by atoms with Gasteiger partial charge in [0.05, 0.1) is 11.0 Å². The van der Waals surface area contributed by atoms with Crippen LogP contribution in [0.15, 0.2) is 174 Å². The van der Waals surface area contributed by atoms with E-state index in [4.69, 9.17) is 4.42 Å². The fourth-order valence-corrected chi connectivity index (χ4v) is 9.35. The van der Waals surface area contributed by atoms with Crippen LogP contribution in [-0.2, 0) is 6.42 Å². The van der Waals surface area contributed by atoms with Gasteiger partial charge in [0.15, 0.2) is 0 Å². The fourth-order valence-electron chi connectivity index (χ4n) is 9.35. The normalized spacial score (nSPS) is 13.0. The van der Waals surface area contributed by atoms with Gasteiger partial charge in [-0.2, -0.15) is 0 Å². The summed E-state index contributed by atoms with van der Waals surface area (Å²) < 4.78 is 8.80. The molecule has 1 aliphatic carbocycles. The number of para-hydroxylation sites is 3. The van der Waals surface area contributed by atoms with E-state index in [2.05, 4.69) is 181 Å². The fraction of sp³-hybridized carbons (Fsp3) is 0.0385. The SMILES string of the molecule is C1=Cc2oc3c(-c4ccc(-c5ccc6ccc7c(-c8ccc(-n9c%10ccccc%10c%10ccccc%109)cc8)ccc8ccc5c6c87)cc4)cccc3c2CC1. The van der Waals surface area contributed by atoms with Crippen LogP contribution in [0, 0.1) is 0 Å². The van der Waals surface area contributed by atoms with Crippen molar-refractivity contribution in [3.05, 3.63) is 181 Å². The second-order valence-electron chi connectivity index (χ2n) is 14.7. The van der Waals surface area contributed by atoms with Crippen LogP contribution in [0.1, 0.15) is 17.7 Å². The maximum atomic E-state index is 6.42. The maximum absolute atomic E-state index is 6.42. The standard InChI is InChI=1S/C52H33NO/c1-4-13-47-41(8-1)42-9-2-5-14-48(42)53(47)37-26-20-33(21-27-37)39-29-23-36-24-30-44-38(28-22-35-25-31-45(39)51(36)50(35)44)32-16-18-34(19-17-32)40-11-7-12-46-43-10-3-6-15-49(43)54-52(40)46/h1-2,4-9,11-31H,3,10H2. The Bertz CT molecular complexity index is 3250. The first-order valence-electron chi connectivity index (χ1n) is 18.9. The van der Waals surface area contributed by atoms with Gasteiger partial charge in [0, 0.05) is 33.0 Å². The quantitative estimate of drug-likeness (QED) is 0.168. The lowest BCUT2D eigenvalue weighted by atomic mass is 9.87. The van der Waals surface area contributed by atoms with Crippen LogP contribution in [0.3, 0.4) is 0 Å². The van der Waals surface area contributed by atoms with Crippen LogP contribution in [0.2, 0.25) is 0 Å². The zero-order valence-electron chi connectivity index (χ0n) is 29.5. The minimum Gasteiger partial charge on any atom is -0.456 e. The number of benzene rings is 9. The molecule has 0 aliphatic heterocycles. The summed E-state index contributed by atoms with van der Waals surface area (Å²) in [4.78, 5) is 0. The van der Waals surface area contributed by atoms with Gasteiger partial charge < -0.3 is 8.98 Å². The molecule has 12 rings (SSSR count). The zero-order chi connectivity index (χ0) is 35.3. The third-order valence-electron chi connectivity index (χ3n) is 11.9. The summed E-state index contributed by atoms with van der Waals surface area (Å²) >= 11 is 0. The summed E-state index contributed by atoms with van der Waals surface area (Å²) in [7, 11) is 0. The molecule has 1 aliphatic rings. The van der Waals surface area contributed by atoms with Crippen molar-refractivity contribution in [1.82, 2.24) is 4.57 Å². The van der Waals surface area contributed by atoms with Crippen molar-refractivity contribution in [2.45, 2.75) is 12.8 Å². The van der Waals surface area contributed by atoms with Crippen LogP contribution in [0.25, 0.3) is 110 Å². The largest absolute Gasteiger partial charge is 0.456 e. The van der Waals surface area contributed by atoms with E-state index in [1.54, 1.807) is 0 Å². The van der Waals surface area contributed by atoms with E-state index >= 15 is 0 Å². The Hall–Kier alpha value is -6.90. The van der Waals surface area contributed by atoms with E-state index in [1.165, 1.54) is 98.6 Å². The Labute approximate surface area is 312 Å². The average molecular weight is 688 g/mol. The highest BCUT2D eigenvalue weighted by atomic mass is 16.3. The van der Waals surface area contributed by atoms with Gasteiger partial charge in [-0.05, 0) is 103 Å². The molecule has 0 bridgehead atoms. The number of furan rings is 1. The lowest BCUT2D eigenvalue weighted by Crippen LogP contribution is -1.94. The van der Waals surface area contributed by atoms with E-state index in [0.717, 1.165) is 29.7 Å². The zero-order valence-corrected chi connectivity index (χ0v) is 29.5. The molecule has 11 aromatic rings. The van der Waals surface area contributed by atoms with Gasteiger partial charge in [-0.1, -0.05) is 146 Å². The van der Waals surface area contributed by atoms with Crippen molar-refractivity contribution < 1.29 is 4.42 Å². The van der Waals surface area contributed by atoms with E-state index in [9.17, 15) is 0 Å². The molecule has 2 aromatic heterocycles. The van der Waals surface area contributed by atoms with Gasteiger partial charge in [-0.3, -0.25) is 0 Å². The minimum absolute atomic E-state index is 0.988. The van der Waals surface area contributed by atoms with Gasteiger partial charge in [-0.15, -0.1) is 0 Å². The highest BCUT2D eigenvalue weighted by Gasteiger charge is 2.19. The lowest BCUT2D eigenvalue weighted by molar-refractivity contribution is 0.596. The molecule has 54 heavy (non-hydrogen) atoms. The van der Waals surface area contributed by atoms with E-state index in [0.29, 0.717) is 0 Å². The van der Waals surface area contributed by atoms with Gasteiger partial charge in [0.2, 0.25) is 0 Å². The second-order valence-corrected chi connectivity index (χ2v) is 14.7. The Morgan fingerprint density at radius 3 is 1.59 bits per heavy atom. The Balaban J connectivity index is 0.956. The first kappa shape index (κ1) is 29.7. The second kappa shape index (κ2) is 11.3. The van der Waals surface area contributed by atoms with Crippen molar-refractivity contribution >= 4 is 71.2 Å². The summed E-state index contributed by atoms with van der Waals surface area (Å²) in [5, 5.41) is 11.6. The van der Waals surface area contributed by atoms with E-state index < -0.39 is 0 Å². The molecule has 0 saturated heterocycles. The molecule has 0 N–H and O–H groups in total. The molecule has 0 radical (unpaired) electrons. The van der Waals surface area contributed by atoms with Crippen LogP contribution >= 0.6 is 0 Å². The summed E-state index contributed by atoms with van der Waals surface area (Å²) in [6, 6.07) is 60.5. The first-order chi connectivity index (χ1) is 26.8. The third kappa shape index (κ3) is 4.22. The summed E-state index contributed by atoms with van der Waals surface area (Å²) in [6.07, 6.45) is 6.44. The molecule has 0 saturated carbocycles.